The van der Waals surface area contributed by atoms with E-state index >= 15 is 0 Å². The highest BCUT2D eigenvalue weighted by Crippen LogP contribution is 2.36. The number of hydrogen-bond acceptors (Lipinski definition) is 3. The average molecular weight is 236 g/mol. The number of aliphatic carboxylic acids is 1. The molecule has 1 aromatic carbocycles. The monoisotopic (exact) mass is 236 g/mol. The minimum Gasteiger partial charge on any atom is -0.493 e. The second-order valence-electron chi connectivity index (χ2n) is 4.16. The standard InChI is InChI=1S/C13H16O4/c1-16-11-4-2-3-9(5-8-12(14)15)13(11)17-10-6-7-10/h2-4,10H,5-8H2,1H3,(H,14,15). The van der Waals surface area contributed by atoms with Gasteiger partial charge < -0.3 is 14.6 Å². The summed E-state index contributed by atoms with van der Waals surface area (Å²) in [5.74, 6) is 0.587. The highest BCUT2D eigenvalue weighted by molar-refractivity contribution is 5.67. The largest absolute Gasteiger partial charge is 0.493 e. The first-order chi connectivity index (χ1) is 8.20. The molecule has 2 rings (SSSR count). The van der Waals surface area contributed by atoms with Gasteiger partial charge in [-0.05, 0) is 30.9 Å². The number of ether oxygens (including phenoxy) is 2. The number of benzene rings is 1. The Morgan fingerprint density at radius 1 is 1.47 bits per heavy atom. The first kappa shape index (κ1) is 11.8. The Hall–Kier alpha value is -1.71. The highest BCUT2D eigenvalue weighted by atomic mass is 16.5. The third-order valence-corrected chi connectivity index (χ3v) is 2.70. The quantitative estimate of drug-likeness (QED) is 0.823. The van der Waals surface area contributed by atoms with Crippen LogP contribution < -0.4 is 9.47 Å². The summed E-state index contributed by atoms with van der Waals surface area (Å²) in [6.45, 7) is 0. The predicted octanol–water partition coefficient (Wildman–Crippen LogP) is 2.25. The summed E-state index contributed by atoms with van der Waals surface area (Å²) in [5, 5.41) is 8.71. The number of carboxylic acids is 1. The minimum atomic E-state index is -0.801. The van der Waals surface area contributed by atoms with Gasteiger partial charge in [-0.2, -0.15) is 0 Å². The molecule has 92 valence electrons. The lowest BCUT2D eigenvalue weighted by Gasteiger charge is -2.14. The third-order valence-electron chi connectivity index (χ3n) is 2.70. The molecule has 0 bridgehead atoms. The SMILES string of the molecule is COc1cccc(CCC(=O)O)c1OC1CC1. The van der Waals surface area contributed by atoms with E-state index in [2.05, 4.69) is 0 Å². The number of hydrogen-bond donors (Lipinski definition) is 1. The van der Waals surface area contributed by atoms with Crippen LogP contribution in [0.3, 0.4) is 0 Å². The molecule has 1 aromatic rings. The van der Waals surface area contributed by atoms with Crippen LogP contribution in [0, 0.1) is 0 Å². The summed E-state index contributed by atoms with van der Waals surface area (Å²) in [4.78, 5) is 10.6. The lowest BCUT2D eigenvalue weighted by molar-refractivity contribution is -0.136. The van der Waals surface area contributed by atoms with Gasteiger partial charge in [0.05, 0.1) is 13.2 Å². The number of carboxylic acid groups (broad SMARTS) is 1. The predicted molar refractivity (Wildman–Crippen MR) is 62.6 cm³/mol. The molecule has 1 fully saturated rings. The lowest BCUT2D eigenvalue weighted by Crippen LogP contribution is -2.04. The van der Waals surface area contributed by atoms with E-state index in [0.29, 0.717) is 17.9 Å². The molecule has 1 N–H and O–H groups in total. The number of rotatable bonds is 6. The van der Waals surface area contributed by atoms with Gasteiger partial charge in [0.1, 0.15) is 0 Å². The zero-order valence-electron chi connectivity index (χ0n) is 9.81. The molecule has 17 heavy (non-hydrogen) atoms. The molecule has 0 unspecified atom stereocenters. The van der Waals surface area contributed by atoms with E-state index in [1.54, 1.807) is 7.11 Å². The van der Waals surface area contributed by atoms with Gasteiger partial charge in [0, 0.05) is 6.42 Å². The molecular formula is C13H16O4. The molecule has 4 heteroatoms. The van der Waals surface area contributed by atoms with Crippen molar-refractivity contribution in [2.75, 3.05) is 7.11 Å². The van der Waals surface area contributed by atoms with Gasteiger partial charge in [0.2, 0.25) is 0 Å². The molecule has 4 nitrogen and oxygen atoms in total. The van der Waals surface area contributed by atoms with Gasteiger partial charge in [-0.1, -0.05) is 12.1 Å². The van der Waals surface area contributed by atoms with Crippen LogP contribution >= 0.6 is 0 Å². The van der Waals surface area contributed by atoms with Crippen molar-refractivity contribution in [2.45, 2.75) is 31.8 Å². The smallest absolute Gasteiger partial charge is 0.303 e. The fraction of sp³-hybridized carbons (Fsp3) is 0.462. The molecule has 0 aliphatic heterocycles. The molecule has 0 heterocycles. The van der Waals surface area contributed by atoms with Crippen LogP contribution in [0.4, 0.5) is 0 Å². The van der Waals surface area contributed by atoms with Crippen molar-refractivity contribution in [3.05, 3.63) is 23.8 Å². The van der Waals surface area contributed by atoms with E-state index in [4.69, 9.17) is 14.6 Å². The Labute approximate surface area is 100 Å². The summed E-state index contributed by atoms with van der Waals surface area (Å²) < 4.78 is 11.0. The van der Waals surface area contributed by atoms with Crippen LogP contribution in [-0.4, -0.2) is 24.3 Å². The molecule has 0 amide bonds. The molecule has 0 spiro atoms. The van der Waals surface area contributed by atoms with Crippen molar-refractivity contribution in [1.82, 2.24) is 0 Å². The summed E-state index contributed by atoms with van der Waals surface area (Å²) in [6.07, 6.45) is 2.98. The fourth-order valence-corrected chi connectivity index (χ4v) is 1.65. The molecule has 0 aromatic heterocycles. The topological polar surface area (TPSA) is 55.8 Å². The maximum absolute atomic E-state index is 10.6. The zero-order chi connectivity index (χ0) is 12.3. The molecule has 1 aliphatic carbocycles. The number of para-hydroxylation sites is 1. The van der Waals surface area contributed by atoms with Crippen molar-refractivity contribution in [3.63, 3.8) is 0 Å². The van der Waals surface area contributed by atoms with Crippen molar-refractivity contribution < 1.29 is 19.4 Å². The zero-order valence-corrected chi connectivity index (χ0v) is 9.81. The first-order valence-corrected chi connectivity index (χ1v) is 5.75. The molecule has 0 radical (unpaired) electrons. The molecular weight excluding hydrogens is 220 g/mol. The van der Waals surface area contributed by atoms with E-state index < -0.39 is 5.97 Å². The highest BCUT2D eigenvalue weighted by Gasteiger charge is 2.26. The van der Waals surface area contributed by atoms with Crippen LogP contribution in [0.25, 0.3) is 0 Å². The van der Waals surface area contributed by atoms with Gasteiger partial charge in [-0.3, -0.25) is 4.79 Å². The van der Waals surface area contributed by atoms with Gasteiger partial charge in [0.15, 0.2) is 11.5 Å². The summed E-state index contributed by atoms with van der Waals surface area (Å²) in [7, 11) is 1.59. The van der Waals surface area contributed by atoms with Gasteiger partial charge >= 0.3 is 5.97 Å². The third kappa shape index (κ3) is 3.12. The van der Waals surface area contributed by atoms with Crippen molar-refractivity contribution in [3.8, 4) is 11.5 Å². The van der Waals surface area contributed by atoms with E-state index in [9.17, 15) is 4.79 Å². The van der Waals surface area contributed by atoms with Crippen LogP contribution in [0.2, 0.25) is 0 Å². The minimum absolute atomic E-state index is 0.105. The van der Waals surface area contributed by atoms with E-state index in [0.717, 1.165) is 18.4 Å². The fourth-order valence-electron chi connectivity index (χ4n) is 1.65. The Morgan fingerprint density at radius 3 is 2.82 bits per heavy atom. The molecule has 1 aliphatic rings. The maximum Gasteiger partial charge on any atom is 0.303 e. The Morgan fingerprint density at radius 2 is 2.24 bits per heavy atom. The molecule has 0 saturated heterocycles. The Bertz CT molecular complexity index is 410. The van der Waals surface area contributed by atoms with Crippen LogP contribution in [-0.2, 0) is 11.2 Å². The van der Waals surface area contributed by atoms with E-state index in [1.807, 2.05) is 18.2 Å². The second kappa shape index (κ2) is 5.08. The number of aryl methyl sites for hydroxylation is 1. The normalized spacial score (nSPS) is 14.4. The van der Waals surface area contributed by atoms with Crippen molar-refractivity contribution >= 4 is 5.97 Å². The van der Waals surface area contributed by atoms with Crippen LogP contribution in [0.1, 0.15) is 24.8 Å². The lowest BCUT2D eigenvalue weighted by atomic mass is 10.1. The second-order valence-corrected chi connectivity index (χ2v) is 4.16. The van der Waals surface area contributed by atoms with Crippen LogP contribution in [0.15, 0.2) is 18.2 Å². The molecule has 1 saturated carbocycles. The van der Waals surface area contributed by atoms with Crippen LogP contribution in [0.5, 0.6) is 11.5 Å². The average Bonchev–Trinajstić information content (AvgIpc) is 3.11. The number of carbonyl (C=O) groups is 1. The summed E-state index contributed by atoms with van der Waals surface area (Å²) in [5.41, 5.74) is 0.902. The van der Waals surface area contributed by atoms with Gasteiger partial charge in [-0.15, -0.1) is 0 Å². The van der Waals surface area contributed by atoms with Gasteiger partial charge in [-0.25, -0.2) is 0 Å². The van der Waals surface area contributed by atoms with E-state index in [1.165, 1.54) is 0 Å². The number of methoxy groups -OCH3 is 1. The Kier molecular flexibility index (Phi) is 3.52. The van der Waals surface area contributed by atoms with Crippen molar-refractivity contribution in [1.29, 1.82) is 0 Å². The summed E-state index contributed by atoms with van der Waals surface area (Å²) >= 11 is 0. The van der Waals surface area contributed by atoms with E-state index in [-0.39, 0.29) is 12.5 Å². The summed E-state index contributed by atoms with van der Waals surface area (Å²) in [6, 6.07) is 5.58. The Balaban J connectivity index is 2.18. The van der Waals surface area contributed by atoms with Crippen molar-refractivity contribution in [2.24, 2.45) is 0 Å². The first-order valence-electron chi connectivity index (χ1n) is 5.75. The molecule has 0 atom stereocenters. The van der Waals surface area contributed by atoms with Gasteiger partial charge in [0.25, 0.3) is 0 Å². The maximum atomic E-state index is 10.6.